The van der Waals surface area contributed by atoms with E-state index in [1.54, 1.807) is 7.11 Å². The predicted octanol–water partition coefficient (Wildman–Crippen LogP) is 1.85. The van der Waals surface area contributed by atoms with Crippen LogP contribution in [0, 0.1) is 5.92 Å². The maximum atomic E-state index is 11.9. The largest absolute Gasteiger partial charge is 0.497 e. The number of carbonyl (C=O) groups is 1. The van der Waals surface area contributed by atoms with E-state index in [1.165, 1.54) is 0 Å². The van der Waals surface area contributed by atoms with Crippen molar-refractivity contribution >= 4 is 6.03 Å². The third-order valence-corrected chi connectivity index (χ3v) is 3.95. The van der Waals surface area contributed by atoms with Crippen LogP contribution in [-0.2, 0) is 11.3 Å². The molecule has 24 heavy (non-hydrogen) atoms. The molecule has 1 aliphatic rings. The Bertz CT molecular complexity index is 505. The van der Waals surface area contributed by atoms with Gasteiger partial charge in [0.25, 0.3) is 0 Å². The van der Waals surface area contributed by atoms with Gasteiger partial charge >= 0.3 is 6.03 Å². The fraction of sp³-hybridized carbons (Fsp3) is 0.611. The number of rotatable bonds is 7. The van der Waals surface area contributed by atoms with Crippen molar-refractivity contribution in [3.63, 3.8) is 0 Å². The minimum Gasteiger partial charge on any atom is -0.497 e. The fourth-order valence-electron chi connectivity index (χ4n) is 2.78. The van der Waals surface area contributed by atoms with E-state index in [1.807, 2.05) is 24.3 Å². The van der Waals surface area contributed by atoms with Crippen LogP contribution in [0.25, 0.3) is 0 Å². The van der Waals surface area contributed by atoms with E-state index < -0.39 is 0 Å². The molecule has 0 spiro atoms. The number of carbonyl (C=O) groups excluding carboxylic acids is 1. The maximum absolute atomic E-state index is 11.9. The van der Waals surface area contributed by atoms with Crippen molar-refractivity contribution in [3.8, 4) is 5.75 Å². The Morgan fingerprint density at radius 2 is 2.08 bits per heavy atom. The van der Waals surface area contributed by atoms with Crippen molar-refractivity contribution in [2.24, 2.45) is 5.92 Å². The normalized spacial score (nSPS) is 18.4. The third kappa shape index (κ3) is 6.37. The topological polar surface area (TPSA) is 62.8 Å². The van der Waals surface area contributed by atoms with E-state index in [0.29, 0.717) is 19.0 Å². The van der Waals surface area contributed by atoms with Gasteiger partial charge in [-0.1, -0.05) is 26.0 Å². The Labute approximate surface area is 144 Å². The van der Waals surface area contributed by atoms with Crippen LogP contribution in [0.15, 0.2) is 24.3 Å². The summed E-state index contributed by atoms with van der Waals surface area (Å²) >= 11 is 0. The van der Waals surface area contributed by atoms with Crippen molar-refractivity contribution in [3.05, 3.63) is 29.8 Å². The summed E-state index contributed by atoms with van der Waals surface area (Å²) in [5.74, 6) is 1.45. The van der Waals surface area contributed by atoms with Crippen molar-refractivity contribution in [1.29, 1.82) is 0 Å². The Morgan fingerprint density at radius 1 is 1.33 bits per heavy atom. The second-order valence-corrected chi connectivity index (χ2v) is 6.56. The van der Waals surface area contributed by atoms with Gasteiger partial charge in [0.2, 0.25) is 0 Å². The molecule has 0 radical (unpaired) electrons. The Kier molecular flexibility index (Phi) is 7.34. The zero-order valence-electron chi connectivity index (χ0n) is 14.9. The molecule has 2 N–H and O–H groups in total. The predicted molar refractivity (Wildman–Crippen MR) is 94.3 cm³/mol. The minimum absolute atomic E-state index is 0.0595. The number of morpholine rings is 1. The van der Waals surface area contributed by atoms with E-state index in [9.17, 15) is 4.79 Å². The fourth-order valence-corrected chi connectivity index (χ4v) is 2.78. The molecule has 1 aromatic rings. The Hall–Kier alpha value is -1.79. The zero-order chi connectivity index (χ0) is 17.4. The lowest BCUT2D eigenvalue weighted by molar-refractivity contribution is -0.0290. The monoisotopic (exact) mass is 335 g/mol. The van der Waals surface area contributed by atoms with Gasteiger partial charge in [-0.25, -0.2) is 4.79 Å². The molecule has 0 aromatic heterocycles. The number of ether oxygens (including phenoxy) is 2. The second kappa shape index (κ2) is 9.49. The van der Waals surface area contributed by atoms with Gasteiger partial charge in [0.15, 0.2) is 0 Å². The molecule has 0 bridgehead atoms. The van der Waals surface area contributed by atoms with Gasteiger partial charge in [0.05, 0.1) is 19.8 Å². The number of hydrogen-bond donors (Lipinski definition) is 2. The number of methoxy groups -OCH3 is 1. The van der Waals surface area contributed by atoms with Crippen LogP contribution in [0.5, 0.6) is 5.75 Å². The lowest BCUT2D eigenvalue weighted by Gasteiger charge is -2.33. The van der Waals surface area contributed by atoms with Crippen LogP contribution >= 0.6 is 0 Å². The Balaban J connectivity index is 1.66. The van der Waals surface area contributed by atoms with E-state index in [0.717, 1.165) is 37.6 Å². The molecule has 1 aromatic carbocycles. The average Bonchev–Trinajstić information content (AvgIpc) is 2.58. The number of amides is 2. The van der Waals surface area contributed by atoms with E-state index in [-0.39, 0.29) is 12.1 Å². The van der Waals surface area contributed by atoms with Crippen molar-refractivity contribution < 1.29 is 14.3 Å². The first kappa shape index (κ1) is 18.5. The SMILES string of the molecule is COc1ccc(CNC(=O)NC[C@@H]2CN(CC(C)C)CCO2)cc1. The summed E-state index contributed by atoms with van der Waals surface area (Å²) in [5.41, 5.74) is 1.03. The first-order valence-corrected chi connectivity index (χ1v) is 8.55. The van der Waals surface area contributed by atoms with Crippen LogP contribution in [0.2, 0.25) is 0 Å². The van der Waals surface area contributed by atoms with E-state index in [2.05, 4.69) is 29.4 Å². The highest BCUT2D eigenvalue weighted by atomic mass is 16.5. The quantitative estimate of drug-likeness (QED) is 0.798. The van der Waals surface area contributed by atoms with Gasteiger partial charge in [-0.2, -0.15) is 0 Å². The van der Waals surface area contributed by atoms with E-state index in [4.69, 9.17) is 9.47 Å². The van der Waals surface area contributed by atoms with Gasteiger partial charge in [0, 0.05) is 32.7 Å². The van der Waals surface area contributed by atoms with Crippen LogP contribution in [0.3, 0.4) is 0 Å². The van der Waals surface area contributed by atoms with Crippen LogP contribution in [0.4, 0.5) is 4.79 Å². The van der Waals surface area contributed by atoms with Gasteiger partial charge in [-0.3, -0.25) is 4.90 Å². The highest BCUT2D eigenvalue weighted by Gasteiger charge is 2.21. The molecule has 6 nitrogen and oxygen atoms in total. The lowest BCUT2D eigenvalue weighted by atomic mass is 10.2. The molecule has 0 saturated carbocycles. The molecule has 0 unspecified atom stereocenters. The summed E-state index contributed by atoms with van der Waals surface area (Å²) in [6.45, 7) is 9.10. The van der Waals surface area contributed by atoms with Crippen LogP contribution in [0.1, 0.15) is 19.4 Å². The highest BCUT2D eigenvalue weighted by molar-refractivity contribution is 5.73. The molecule has 134 valence electrons. The summed E-state index contributed by atoms with van der Waals surface area (Å²) in [4.78, 5) is 14.3. The molecule has 1 fully saturated rings. The smallest absolute Gasteiger partial charge is 0.315 e. The molecule has 2 rings (SSSR count). The molecule has 2 amide bonds. The van der Waals surface area contributed by atoms with Crippen molar-refractivity contribution in [2.75, 3.05) is 39.9 Å². The molecular weight excluding hydrogens is 306 g/mol. The Morgan fingerprint density at radius 3 is 2.75 bits per heavy atom. The summed E-state index contributed by atoms with van der Waals surface area (Å²) in [6, 6.07) is 7.47. The van der Waals surface area contributed by atoms with Crippen molar-refractivity contribution in [2.45, 2.75) is 26.5 Å². The first-order valence-electron chi connectivity index (χ1n) is 8.55. The third-order valence-electron chi connectivity index (χ3n) is 3.95. The number of nitrogens with zero attached hydrogens (tertiary/aromatic N) is 1. The molecule has 1 heterocycles. The standard InChI is InChI=1S/C18H29N3O3/c1-14(2)12-21-8-9-24-17(13-21)11-20-18(22)19-10-15-4-6-16(23-3)7-5-15/h4-7,14,17H,8-13H2,1-3H3,(H2,19,20,22)/t17-/m1/s1. The second-order valence-electron chi connectivity index (χ2n) is 6.56. The van der Waals surface area contributed by atoms with Gasteiger partial charge in [-0.15, -0.1) is 0 Å². The van der Waals surface area contributed by atoms with Gasteiger partial charge in [-0.05, 0) is 23.6 Å². The minimum atomic E-state index is -0.171. The maximum Gasteiger partial charge on any atom is 0.315 e. The molecule has 0 aliphatic carbocycles. The summed E-state index contributed by atoms with van der Waals surface area (Å²) in [7, 11) is 1.64. The number of nitrogens with one attached hydrogen (secondary N) is 2. The molecule has 1 saturated heterocycles. The lowest BCUT2D eigenvalue weighted by Crippen LogP contribution is -2.49. The van der Waals surface area contributed by atoms with Crippen LogP contribution in [-0.4, -0.2) is 56.9 Å². The molecule has 1 atom stereocenters. The molecule has 6 heteroatoms. The van der Waals surface area contributed by atoms with Gasteiger partial charge in [0.1, 0.15) is 5.75 Å². The highest BCUT2D eigenvalue weighted by Crippen LogP contribution is 2.11. The zero-order valence-corrected chi connectivity index (χ0v) is 14.9. The van der Waals surface area contributed by atoms with Crippen LogP contribution < -0.4 is 15.4 Å². The number of benzene rings is 1. The van der Waals surface area contributed by atoms with E-state index >= 15 is 0 Å². The summed E-state index contributed by atoms with van der Waals surface area (Å²) in [5, 5.41) is 5.75. The number of urea groups is 1. The average molecular weight is 335 g/mol. The molecular formula is C18H29N3O3. The van der Waals surface area contributed by atoms with Gasteiger partial charge < -0.3 is 20.1 Å². The summed E-state index contributed by atoms with van der Waals surface area (Å²) in [6.07, 6.45) is 0.0595. The summed E-state index contributed by atoms with van der Waals surface area (Å²) < 4.78 is 10.8. The number of hydrogen-bond acceptors (Lipinski definition) is 4. The molecule has 1 aliphatic heterocycles. The van der Waals surface area contributed by atoms with Crippen molar-refractivity contribution in [1.82, 2.24) is 15.5 Å². The first-order chi connectivity index (χ1) is 11.6.